The number of hydrogen-bond donors (Lipinski definition) is 0. The van der Waals surface area contributed by atoms with Gasteiger partial charge in [0.1, 0.15) is 22.7 Å². The highest BCUT2D eigenvalue weighted by Crippen LogP contribution is 2.54. The van der Waals surface area contributed by atoms with Crippen molar-refractivity contribution >= 4 is 46.2 Å². The van der Waals surface area contributed by atoms with Crippen molar-refractivity contribution < 1.29 is 19.3 Å². The predicted molar refractivity (Wildman–Crippen MR) is 281 cm³/mol. The van der Waals surface area contributed by atoms with E-state index in [-0.39, 0.29) is 17.7 Å². The largest absolute Gasteiger partial charge is 0.455 e. The van der Waals surface area contributed by atoms with E-state index in [1.165, 1.54) is 62.0 Å². The summed E-state index contributed by atoms with van der Waals surface area (Å²) in [5.41, 5.74) is 19.1. The summed E-state index contributed by atoms with van der Waals surface area (Å²) in [7, 11) is -2.07. The minimum Gasteiger partial charge on any atom is -0.455 e. The van der Waals surface area contributed by atoms with Gasteiger partial charge in [0, 0.05) is 34.5 Å². The number of rotatable bonds is 7. The number of benzene rings is 7. The molecule has 1 spiro atoms. The van der Waals surface area contributed by atoms with E-state index >= 15 is 0 Å². The molecule has 2 aliphatic rings. The zero-order chi connectivity index (χ0) is 48.1. The third-order valence-corrected chi connectivity index (χ3v) is 16.9. The fraction of sp³-hybridized carbons (Fsp3) is 0.226. The molecule has 5 heterocycles. The Hall–Kier alpha value is -6.89. The average Bonchev–Trinajstić information content (AvgIpc) is 4.03. The number of halogens is 1. The lowest BCUT2D eigenvalue weighted by atomic mass is 9.87. The molecule has 0 aliphatic carbocycles. The summed E-state index contributed by atoms with van der Waals surface area (Å²) < 4.78 is 39.0. The Kier molecular flexibility index (Phi) is 9.14. The van der Waals surface area contributed by atoms with Crippen molar-refractivity contribution in [1.29, 1.82) is 0 Å². The smallest absolute Gasteiger partial charge is 0.364 e. The van der Waals surface area contributed by atoms with E-state index in [0.717, 1.165) is 72.3 Å². The second kappa shape index (κ2) is 15.1. The molecule has 7 aromatic carbocycles. The van der Waals surface area contributed by atoms with Crippen molar-refractivity contribution in [1.82, 2.24) is 4.57 Å². The number of imidazole rings is 1. The average molecular weight is 909 g/mol. The van der Waals surface area contributed by atoms with Crippen LogP contribution in [0.2, 0.25) is 19.6 Å². The highest BCUT2D eigenvalue weighted by Gasteiger charge is 2.67. The molecular weight excluding hydrogens is 850 g/mol. The van der Waals surface area contributed by atoms with Crippen LogP contribution in [0.5, 0.6) is 0 Å². The monoisotopic (exact) mass is 908 g/mol. The quantitative estimate of drug-likeness (QED) is 0.116. The maximum Gasteiger partial charge on any atom is 0.364 e. The summed E-state index contributed by atoms with van der Waals surface area (Å²) in [6.07, 6.45) is 2.45. The van der Waals surface area contributed by atoms with Crippen LogP contribution < -0.4 is 14.3 Å². The molecule has 0 saturated heterocycles. The summed E-state index contributed by atoms with van der Waals surface area (Å²) >= 11 is 0. The van der Waals surface area contributed by atoms with E-state index in [1.54, 1.807) is 0 Å². The summed E-state index contributed by atoms with van der Waals surface area (Å²) in [6.45, 7) is 22.8. The number of fused-ring (bicyclic) bond motifs is 16. The molecule has 1 atom stereocenters. The number of pyridine rings is 1. The Morgan fingerprint density at radius 3 is 2.00 bits per heavy atom. The highest BCUT2D eigenvalue weighted by molar-refractivity contribution is 6.89. The number of furan rings is 1. The minimum absolute atomic E-state index is 0.195. The lowest BCUT2D eigenvalue weighted by molar-refractivity contribution is -0.944. The summed E-state index contributed by atoms with van der Waals surface area (Å²) in [4.78, 5) is 0. The molecule has 6 heteroatoms. The normalized spacial score (nSPS) is 15.5. The van der Waals surface area contributed by atoms with E-state index in [1.807, 2.05) is 26.0 Å². The van der Waals surface area contributed by atoms with Gasteiger partial charge in [0.15, 0.2) is 22.8 Å². The van der Waals surface area contributed by atoms with E-state index in [4.69, 9.17) is 4.42 Å². The molecule has 2 aliphatic heterocycles. The fourth-order valence-corrected chi connectivity index (χ4v) is 13.3. The first kappa shape index (κ1) is 41.3. The molecule has 4 nitrogen and oxygen atoms in total. The van der Waals surface area contributed by atoms with Crippen LogP contribution in [0.15, 0.2) is 156 Å². The molecule has 10 aromatic rings. The zero-order valence-electron chi connectivity index (χ0n) is 41.7. The van der Waals surface area contributed by atoms with Crippen molar-refractivity contribution in [3.05, 3.63) is 191 Å². The first-order valence-electron chi connectivity index (χ1n) is 24.7. The van der Waals surface area contributed by atoms with Gasteiger partial charge in [0.25, 0.3) is 0 Å². The lowest BCUT2D eigenvalue weighted by Gasteiger charge is -2.25. The Labute approximate surface area is 401 Å². The Morgan fingerprint density at radius 2 is 1.31 bits per heavy atom. The summed E-state index contributed by atoms with van der Waals surface area (Å²) in [5.74, 6) is 0.389. The maximum atomic E-state index is 14.2. The molecule has 0 fully saturated rings. The van der Waals surface area contributed by atoms with E-state index in [9.17, 15) is 5.76 Å². The third kappa shape index (κ3) is 5.95. The Balaban J connectivity index is 1.30. The van der Waals surface area contributed by atoms with Crippen LogP contribution in [0.1, 0.15) is 94.0 Å². The lowest BCUT2D eigenvalue weighted by Crippen LogP contribution is -2.72. The molecule has 12 rings (SSSR count). The predicted octanol–water partition coefficient (Wildman–Crippen LogP) is 15.1. The van der Waals surface area contributed by atoms with Crippen LogP contribution in [-0.2, 0) is 5.66 Å². The molecule has 68 heavy (non-hydrogen) atoms. The first-order chi connectivity index (χ1) is 33.0. The molecular formula is C62H58FN3OSi+2. The van der Waals surface area contributed by atoms with E-state index in [2.05, 4.69) is 195 Å². The van der Waals surface area contributed by atoms with Gasteiger partial charge in [-0.1, -0.05) is 133 Å². The van der Waals surface area contributed by atoms with Gasteiger partial charge in [-0.05, 0) is 125 Å². The molecule has 3 aromatic heterocycles. The maximum absolute atomic E-state index is 14.2. The molecule has 0 radical (unpaired) electrons. The zero-order valence-corrected chi connectivity index (χ0v) is 41.7. The van der Waals surface area contributed by atoms with Crippen molar-refractivity contribution in [3.63, 3.8) is 0 Å². The van der Waals surface area contributed by atoms with Gasteiger partial charge >= 0.3 is 11.5 Å². The summed E-state index contributed by atoms with van der Waals surface area (Å²) in [6, 6.07) is 51.7. The van der Waals surface area contributed by atoms with Crippen LogP contribution in [0, 0.1) is 12.7 Å². The van der Waals surface area contributed by atoms with Crippen LogP contribution in [0.25, 0.3) is 83.6 Å². The number of aromatic nitrogens is 3. The number of hydrogen-bond acceptors (Lipinski definition) is 1. The number of para-hydroxylation sites is 2. The van der Waals surface area contributed by atoms with Gasteiger partial charge in [-0.3, -0.25) is 0 Å². The van der Waals surface area contributed by atoms with Gasteiger partial charge in [-0.2, -0.15) is 4.57 Å². The first-order valence-corrected chi connectivity index (χ1v) is 27.7. The van der Waals surface area contributed by atoms with Gasteiger partial charge in [0.2, 0.25) is 5.69 Å². The number of nitrogens with zero attached hydrogens (tertiary/aromatic N) is 3. The van der Waals surface area contributed by atoms with Crippen molar-refractivity contribution in [2.45, 2.75) is 91.5 Å². The van der Waals surface area contributed by atoms with Gasteiger partial charge in [-0.15, -0.1) is 9.13 Å². The van der Waals surface area contributed by atoms with Crippen LogP contribution in [-0.4, -0.2) is 12.6 Å². The highest BCUT2D eigenvalue weighted by atomic mass is 28.3. The summed E-state index contributed by atoms with van der Waals surface area (Å²) in [5, 5.41) is 3.36. The van der Waals surface area contributed by atoms with Gasteiger partial charge < -0.3 is 4.42 Å². The van der Waals surface area contributed by atoms with E-state index < -0.39 is 19.6 Å². The Morgan fingerprint density at radius 1 is 0.647 bits per heavy atom. The van der Waals surface area contributed by atoms with Gasteiger partial charge in [0.05, 0.1) is 24.8 Å². The topological polar surface area (TPSA) is 25.8 Å². The molecule has 336 valence electrons. The standard InChI is InChI=1S/C62H58FN3OSi/c1-36(2)48-34-55-47-26-20-39(7)30-52(47)62(64(55)35-57(48)68(8,9)10)51-29-28-46-45-27-23-42(41-21-24-44(63)25-22-41)33-56(45)67-60(46)58(51)61-65(53-18-14-15-19-54(53)66(61)62)59-49(37(3)4)31-43(32-50(59)38(5)6)40-16-12-11-13-17-40/h11-38H,1-10H3/q+2/i36D. The van der Waals surface area contributed by atoms with Gasteiger partial charge in [-0.25, -0.2) is 4.39 Å². The molecule has 0 N–H and O–H groups in total. The van der Waals surface area contributed by atoms with Crippen LogP contribution >= 0.6 is 0 Å². The van der Waals surface area contributed by atoms with Crippen LogP contribution in [0.3, 0.4) is 0 Å². The second-order valence-corrected chi connectivity index (χ2v) is 26.2. The number of aryl methyl sites for hydroxylation is 1. The molecule has 1 unspecified atom stereocenters. The molecule has 0 bridgehead atoms. The second-order valence-electron chi connectivity index (χ2n) is 21.2. The van der Waals surface area contributed by atoms with Crippen molar-refractivity contribution in [2.75, 3.05) is 0 Å². The molecule has 0 amide bonds. The van der Waals surface area contributed by atoms with Crippen molar-refractivity contribution in [2.24, 2.45) is 0 Å². The van der Waals surface area contributed by atoms with Crippen molar-refractivity contribution in [3.8, 4) is 50.6 Å². The Bertz CT molecular complexity index is 3750. The van der Waals surface area contributed by atoms with E-state index in [0.29, 0.717) is 0 Å². The fourth-order valence-electron chi connectivity index (χ4n) is 11.7. The molecule has 0 saturated carbocycles. The third-order valence-electron chi connectivity index (χ3n) is 14.9. The SMILES string of the molecule is [2H]C(C)(C)c1cc2[n+](cc1[Si](C)(C)C)C1(c3cc(C)ccc3-2)c2ccc3c(oc4cc(-c5ccc(F)cc5)ccc43)c2-c2n(-c3c(C(C)C)cc(-c4ccccc4)cc3C(C)C)c3ccccc3[n+]21. The minimum atomic E-state index is -2.07. The van der Waals surface area contributed by atoms with Crippen LogP contribution in [0.4, 0.5) is 4.39 Å².